The van der Waals surface area contributed by atoms with Crippen molar-refractivity contribution in [2.45, 2.75) is 38.5 Å². The number of halogens is 2. The van der Waals surface area contributed by atoms with Gasteiger partial charge in [-0.05, 0) is 44.0 Å². The molecular formula is C14H20F2N2O. The van der Waals surface area contributed by atoms with Gasteiger partial charge < -0.3 is 15.4 Å². The van der Waals surface area contributed by atoms with E-state index in [1.165, 1.54) is 6.42 Å². The largest absolute Gasteiger partial charge is 0.435 e. The molecule has 1 aromatic carbocycles. The van der Waals surface area contributed by atoms with Gasteiger partial charge in [0.15, 0.2) is 0 Å². The van der Waals surface area contributed by atoms with Crippen LogP contribution in [0.5, 0.6) is 5.75 Å². The summed E-state index contributed by atoms with van der Waals surface area (Å²) in [5.74, 6) is 0.211. The van der Waals surface area contributed by atoms with Crippen LogP contribution in [-0.2, 0) is 0 Å². The Kier molecular flexibility index (Phi) is 5.10. The van der Waals surface area contributed by atoms with Gasteiger partial charge in [-0.2, -0.15) is 8.78 Å². The van der Waals surface area contributed by atoms with Crippen molar-refractivity contribution in [2.75, 3.05) is 13.1 Å². The zero-order chi connectivity index (χ0) is 13.7. The Bertz CT molecular complexity index is 395. The van der Waals surface area contributed by atoms with Crippen molar-refractivity contribution in [3.8, 4) is 5.75 Å². The Morgan fingerprint density at radius 2 is 2.26 bits per heavy atom. The maximum absolute atomic E-state index is 12.2. The number of benzene rings is 1. The van der Waals surface area contributed by atoms with E-state index in [1.54, 1.807) is 18.2 Å². The Hall–Kier alpha value is -1.20. The minimum Gasteiger partial charge on any atom is -0.435 e. The van der Waals surface area contributed by atoms with Gasteiger partial charge in [0, 0.05) is 18.6 Å². The smallest absolute Gasteiger partial charge is 0.387 e. The van der Waals surface area contributed by atoms with E-state index in [1.807, 2.05) is 13.0 Å². The third kappa shape index (κ3) is 4.44. The quantitative estimate of drug-likeness (QED) is 0.863. The molecule has 3 nitrogen and oxygen atoms in total. The lowest BCUT2D eigenvalue weighted by Crippen LogP contribution is -2.43. The zero-order valence-corrected chi connectivity index (χ0v) is 11.0. The van der Waals surface area contributed by atoms with Crippen LogP contribution in [0, 0.1) is 0 Å². The first-order chi connectivity index (χ1) is 9.15. The lowest BCUT2D eigenvalue weighted by molar-refractivity contribution is -0.0499. The molecule has 2 rings (SSSR count). The highest BCUT2D eigenvalue weighted by Crippen LogP contribution is 2.21. The second kappa shape index (κ2) is 6.82. The van der Waals surface area contributed by atoms with Gasteiger partial charge in [0.2, 0.25) is 0 Å². The fourth-order valence-electron chi connectivity index (χ4n) is 2.40. The van der Waals surface area contributed by atoms with Crippen LogP contribution < -0.4 is 15.4 Å². The summed E-state index contributed by atoms with van der Waals surface area (Å²) in [6, 6.07) is 7.43. The molecule has 1 aliphatic heterocycles. The second-order valence-electron chi connectivity index (χ2n) is 4.88. The van der Waals surface area contributed by atoms with Crippen molar-refractivity contribution < 1.29 is 13.5 Å². The molecule has 0 amide bonds. The molecule has 0 saturated carbocycles. The molecule has 0 radical (unpaired) electrons. The summed E-state index contributed by atoms with van der Waals surface area (Å²) in [5, 5.41) is 6.85. The van der Waals surface area contributed by atoms with E-state index in [0.29, 0.717) is 6.04 Å². The summed E-state index contributed by atoms with van der Waals surface area (Å²) in [6.45, 7) is 1.29. The maximum atomic E-state index is 12.2. The lowest BCUT2D eigenvalue weighted by atomic mass is 10.0. The summed E-state index contributed by atoms with van der Waals surface area (Å²) < 4.78 is 28.8. The second-order valence-corrected chi connectivity index (χ2v) is 4.88. The Morgan fingerprint density at radius 3 is 2.95 bits per heavy atom. The van der Waals surface area contributed by atoms with Gasteiger partial charge in [-0.3, -0.25) is 0 Å². The van der Waals surface area contributed by atoms with E-state index >= 15 is 0 Å². The van der Waals surface area contributed by atoms with E-state index in [9.17, 15) is 8.78 Å². The Labute approximate surface area is 112 Å². The molecule has 5 heteroatoms. The standard InChI is InChI=1S/C14H20F2N2O/c1-10(18-12-5-3-7-17-9-12)11-4-2-6-13(8-11)19-14(15)16/h2,4,6,8,10,12,14,17-18H,3,5,7,9H2,1H3. The summed E-state index contributed by atoms with van der Waals surface area (Å²) in [5.41, 5.74) is 0.962. The van der Waals surface area contributed by atoms with Crippen LogP contribution in [0.3, 0.4) is 0 Å². The minimum atomic E-state index is -2.78. The van der Waals surface area contributed by atoms with Crippen molar-refractivity contribution in [2.24, 2.45) is 0 Å². The predicted molar refractivity (Wildman–Crippen MR) is 70.5 cm³/mol. The average Bonchev–Trinajstić information content (AvgIpc) is 2.39. The molecular weight excluding hydrogens is 250 g/mol. The van der Waals surface area contributed by atoms with Gasteiger partial charge >= 0.3 is 6.61 Å². The van der Waals surface area contributed by atoms with Crippen LogP contribution in [0.1, 0.15) is 31.4 Å². The molecule has 106 valence electrons. The number of hydrogen-bond acceptors (Lipinski definition) is 3. The highest BCUT2D eigenvalue weighted by molar-refractivity contribution is 5.30. The molecule has 1 aromatic rings. The topological polar surface area (TPSA) is 33.3 Å². The first kappa shape index (κ1) is 14.2. The number of hydrogen-bond donors (Lipinski definition) is 2. The number of piperidine rings is 1. The zero-order valence-electron chi connectivity index (χ0n) is 11.0. The number of nitrogens with one attached hydrogen (secondary N) is 2. The normalized spacial score (nSPS) is 21.4. The fraction of sp³-hybridized carbons (Fsp3) is 0.571. The van der Waals surface area contributed by atoms with Gasteiger partial charge in [-0.25, -0.2) is 0 Å². The van der Waals surface area contributed by atoms with Crippen molar-refractivity contribution >= 4 is 0 Å². The molecule has 2 N–H and O–H groups in total. The Morgan fingerprint density at radius 1 is 1.42 bits per heavy atom. The first-order valence-electron chi connectivity index (χ1n) is 6.66. The molecule has 19 heavy (non-hydrogen) atoms. The SMILES string of the molecule is CC(NC1CCCNC1)c1cccc(OC(F)F)c1. The van der Waals surface area contributed by atoms with Crippen LogP contribution in [0.2, 0.25) is 0 Å². The van der Waals surface area contributed by atoms with Crippen molar-refractivity contribution in [1.82, 2.24) is 10.6 Å². The molecule has 1 saturated heterocycles. The van der Waals surface area contributed by atoms with Crippen LogP contribution in [0.4, 0.5) is 8.78 Å². The van der Waals surface area contributed by atoms with Gasteiger partial charge in [-0.1, -0.05) is 12.1 Å². The van der Waals surface area contributed by atoms with Crippen LogP contribution in [0.25, 0.3) is 0 Å². The van der Waals surface area contributed by atoms with Gasteiger partial charge in [0.05, 0.1) is 0 Å². The third-order valence-electron chi connectivity index (χ3n) is 3.37. The predicted octanol–water partition coefficient (Wildman–Crippen LogP) is 2.69. The molecule has 0 spiro atoms. The van der Waals surface area contributed by atoms with E-state index in [0.717, 1.165) is 25.1 Å². The van der Waals surface area contributed by atoms with E-state index < -0.39 is 6.61 Å². The van der Waals surface area contributed by atoms with Gasteiger partial charge in [0.25, 0.3) is 0 Å². The number of alkyl halides is 2. The Balaban J connectivity index is 1.95. The monoisotopic (exact) mass is 270 g/mol. The first-order valence-corrected chi connectivity index (χ1v) is 6.66. The third-order valence-corrected chi connectivity index (χ3v) is 3.37. The van der Waals surface area contributed by atoms with Crippen LogP contribution in [-0.4, -0.2) is 25.7 Å². The number of ether oxygens (including phenoxy) is 1. The van der Waals surface area contributed by atoms with Crippen molar-refractivity contribution in [1.29, 1.82) is 0 Å². The minimum absolute atomic E-state index is 0.117. The van der Waals surface area contributed by atoms with Gasteiger partial charge in [0.1, 0.15) is 5.75 Å². The average molecular weight is 270 g/mol. The molecule has 2 unspecified atom stereocenters. The highest BCUT2D eigenvalue weighted by Gasteiger charge is 2.16. The van der Waals surface area contributed by atoms with Crippen LogP contribution >= 0.6 is 0 Å². The molecule has 1 aliphatic rings. The van der Waals surface area contributed by atoms with Crippen molar-refractivity contribution in [3.63, 3.8) is 0 Å². The van der Waals surface area contributed by atoms with E-state index in [4.69, 9.17) is 0 Å². The van der Waals surface area contributed by atoms with E-state index in [2.05, 4.69) is 15.4 Å². The maximum Gasteiger partial charge on any atom is 0.387 e. The highest BCUT2D eigenvalue weighted by atomic mass is 19.3. The molecule has 0 aromatic heterocycles. The van der Waals surface area contributed by atoms with Crippen molar-refractivity contribution in [3.05, 3.63) is 29.8 Å². The summed E-state index contributed by atoms with van der Waals surface area (Å²) in [4.78, 5) is 0. The van der Waals surface area contributed by atoms with E-state index in [-0.39, 0.29) is 11.8 Å². The molecule has 2 atom stereocenters. The molecule has 0 bridgehead atoms. The molecule has 0 aliphatic carbocycles. The summed E-state index contributed by atoms with van der Waals surface area (Å²) in [6.07, 6.45) is 2.31. The van der Waals surface area contributed by atoms with Crippen LogP contribution in [0.15, 0.2) is 24.3 Å². The summed E-state index contributed by atoms with van der Waals surface area (Å²) in [7, 11) is 0. The molecule has 1 heterocycles. The lowest BCUT2D eigenvalue weighted by Gasteiger charge is -2.27. The summed E-state index contributed by atoms with van der Waals surface area (Å²) >= 11 is 0. The fourth-order valence-corrected chi connectivity index (χ4v) is 2.40. The number of rotatable bonds is 5. The van der Waals surface area contributed by atoms with Gasteiger partial charge in [-0.15, -0.1) is 0 Å². The molecule has 1 fully saturated rings.